The monoisotopic (exact) mass is 914 g/mol. The first-order chi connectivity index (χ1) is 35.8. The first kappa shape index (κ1) is 40.6. The highest BCUT2D eigenvalue weighted by Gasteiger charge is 2.41. The lowest BCUT2D eigenvalue weighted by Gasteiger charge is -2.32. The molecule has 2 unspecified atom stereocenters. The van der Waals surface area contributed by atoms with Crippen molar-refractivity contribution in [1.29, 1.82) is 0 Å². The van der Waals surface area contributed by atoms with Crippen LogP contribution < -0.4 is 9.80 Å². The van der Waals surface area contributed by atoms with E-state index in [1.165, 1.54) is 99.1 Å². The smallest absolute Gasteiger partial charge is 0.0468 e. The predicted molar refractivity (Wildman–Crippen MR) is 304 cm³/mol. The minimum atomic E-state index is 0.231. The Hall–Kier alpha value is -9.24. The molecule has 0 aliphatic heterocycles. The van der Waals surface area contributed by atoms with E-state index in [4.69, 9.17) is 0 Å². The summed E-state index contributed by atoms with van der Waals surface area (Å²) in [4.78, 5) is 4.81. The van der Waals surface area contributed by atoms with Gasteiger partial charge >= 0.3 is 0 Å². The second-order valence-electron chi connectivity index (χ2n) is 19.5. The average Bonchev–Trinajstić information content (AvgIpc) is 3.96. The number of para-hydroxylation sites is 4. The van der Waals surface area contributed by atoms with E-state index in [0.29, 0.717) is 0 Å². The van der Waals surface area contributed by atoms with Gasteiger partial charge in [-0.2, -0.15) is 0 Å². The Bertz CT molecular complexity index is 4040. The number of rotatable bonds is 8. The number of benzene rings is 11. The number of nitrogens with zero attached hydrogens (tertiary/aromatic N) is 2. The standard InChI is InChI=1S/C70H46N2/c1-5-19-45(20-6-1)71(46-21-7-2-8-22-46)49-35-37-63-65(43-49)69(61-41-39-59-53-29-15-13-27-51(53)55-31-17-33-57(61)67(55)59)64-38-36-50(72(47-23-9-3-10-24-47)48-25-11-4-12-26-48)44-66(64)70(63)62-42-40-60-54-30-16-14-28-52(54)56-32-18-34-58(62)68(56)60/h1-44,55,67H. The Morgan fingerprint density at radius 1 is 0.292 bits per heavy atom. The molecule has 4 aliphatic rings. The number of allylic oxidation sites excluding steroid dienone is 8. The lowest BCUT2D eigenvalue weighted by atomic mass is 9.72. The van der Waals surface area contributed by atoms with Crippen molar-refractivity contribution in [1.82, 2.24) is 0 Å². The Morgan fingerprint density at radius 2 is 0.778 bits per heavy atom. The maximum absolute atomic E-state index is 2.48. The van der Waals surface area contributed by atoms with Crippen molar-refractivity contribution in [2.45, 2.75) is 5.92 Å². The summed E-state index contributed by atoms with van der Waals surface area (Å²) in [6.45, 7) is 0. The molecular formula is C70H46N2. The van der Waals surface area contributed by atoms with Gasteiger partial charge < -0.3 is 9.80 Å². The summed E-state index contributed by atoms with van der Waals surface area (Å²) in [6, 6.07) is 87.4. The molecule has 336 valence electrons. The van der Waals surface area contributed by atoms with Crippen LogP contribution in [0.1, 0.15) is 22.6 Å². The molecule has 0 saturated heterocycles. The molecule has 0 saturated carbocycles. The van der Waals surface area contributed by atoms with Crippen molar-refractivity contribution >= 4 is 77.6 Å². The summed E-state index contributed by atoms with van der Waals surface area (Å²) in [5, 5.41) is 7.47. The van der Waals surface area contributed by atoms with E-state index in [1.807, 2.05) is 0 Å². The molecule has 11 aromatic carbocycles. The van der Waals surface area contributed by atoms with Crippen LogP contribution in [0.4, 0.5) is 34.1 Å². The highest BCUT2D eigenvalue weighted by atomic mass is 15.1. The number of fused-ring (bicyclic) bond motifs is 8. The quantitative estimate of drug-likeness (QED) is 0.140. The van der Waals surface area contributed by atoms with Gasteiger partial charge in [0.2, 0.25) is 0 Å². The van der Waals surface area contributed by atoms with Crippen molar-refractivity contribution in [3.05, 3.63) is 289 Å². The molecule has 0 aromatic heterocycles. The van der Waals surface area contributed by atoms with Gasteiger partial charge in [0.25, 0.3) is 0 Å². The second-order valence-corrected chi connectivity index (χ2v) is 19.5. The average molecular weight is 915 g/mol. The largest absolute Gasteiger partial charge is 0.310 e. The fourth-order valence-corrected chi connectivity index (χ4v) is 12.8. The van der Waals surface area contributed by atoms with Crippen LogP contribution in [0.3, 0.4) is 0 Å². The summed E-state index contributed by atoms with van der Waals surface area (Å²) < 4.78 is 0. The second kappa shape index (κ2) is 16.2. The van der Waals surface area contributed by atoms with Crippen LogP contribution in [-0.2, 0) is 0 Å². The van der Waals surface area contributed by atoms with Gasteiger partial charge in [-0.15, -0.1) is 0 Å². The Labute approximate surface area is 419 Å². The summed E-state index contributed by atoms with van der Waals surface area (Å²) >= 11 is 0. The van der Waals surface area contributed by atoms with Crippen molar-refractivity contribution in [3.8, 4) is 33.4 Å². The molecule has 15 rings (SSSR count). The lowest BCUT2D eigenvalue weighted by molar-refractivity contribution is 0.726. The molecule has 0 N–H and O–H groups in total. The summed E-state index contributed by atoms with van der Waals surface area (Å²) in [7, 11) is 0. The Kier molecular flexibility index (Phi) is 9.12. The fraction of sp³-hybridized carbons (Fsp3) is 0.0286. The van der Waals surface area contributed by atoms with Gasteiger partial charge in [-0.25, -0.2) is 0 Å². The lowest BCUT2D eigenvalue weighted by Crippen LogP contribution is -2.15. The molecule has 72 heavy (non-hydrogen) atoms. The van der Waals surface area contributed by atoms with Crippen molar-refractivity contribution in [2.24, 2.45) is 5.92 Å². The van der Waals surface area contributed by atoms with Gasteiger partial charge in [0.1, 0.15) is 0 Å². The van der Waals surface area contributed by atoms with E-state index < -0.39 is 0 Å². The molecule has 0 radical (unpaired) electrons. The summed E-state index contributed by atoms with van der Waals surface area (Å²) in [6.07, 6.45) is 12.0. The van der Waals surface area contributed by atoms with Crippen LogP contribution in [0.2, 0.25) is 0 Å². The highest BCUT2D eigenvalue weighted by Crippen LogP contribution is 2.59. The van der Waals surface area contributed by atoms with Gasteiger partial charge in [0.15, 0.2) is 0 Å². The maximum Gasteiger partial charge on any atom is 0.0468 e. The molecule has 2 atom stereocenters. The number of hydrogen-bond donors (Lipinski definition) is 0. The van der Waals surface area contributed by atoms with E-state index in [0.717, 1.165) is 34.1 Å². The maximum atomic E-state index is 2.48. The molecular weight excluding hydrogens is 869 g/mol. The molecule has 2 heteroatoms. The van der Waals surface area contributed by atoms with E-state index in [1.54, 1.807) is 0 Å². The van der Waals surface area contributed by atoms with Gasteiger partial charge in [0, 0.05) is 46.0 Å². The normalized spacial score (nSPS) is 15.7. The Morgan fingerprint density at radius 3 is 1.38 bits per heavy atom. The zero-order valence-corrected chi connectivity index (χ0v) is 39.5. The molecule has 4 aliphatic carbocycles. The number of anilines is 6. The molecule has 0 fully saturated rings. The van der Waals surface area contributed by atoms with Crippen LogP contribution in [0.25, 0.3) is 76.8 Å². The predicted octanol–water partition coefficient (Wildman–Crippen LogP) is 19.1. The van der Waals surface area contributed by atoms with Crippen LogP contribution in [0, 0.1) is 5.92 Å². The van der Waals surface area contributed by atoms with Crippen molar-refractivity contribution < 1.29 is 0 Å². The van der Waals surface area contributed by atoms with Crippen LogP contribution in [-0.4, -0.2) is 0 Å². The minimum absolute atomic E-state index is 0.231. The third-order valence-electron chi connectivity index (χ3n) is 15.7. The van der Waals surface area contributed by atoms with Crippen LogP contribution in [0.5, 0.6) is 0 Å². The van der Waals surface area contributed by atoms with Gasteiger partial charge in [-0.3, -0.25) is 0 Å². The highest BCUT2D eigenvalue weighted by molar-refractivity contribution is 6.26. The molecule has 0 heterocycles. The van der Waals surface area contributed by atoms with E-state index in [9.17, 15) is 0 Å². The molecule has 11 aromatic rings. The van der Waals surface area contributed by atoms with Gasteiger partial charge in [-0.05, 0) is 172 Å². The molecule has 0 amide bonds. The zero-order valence-electron chi connectivity index (χ0n) is 39.5. The zero-order chi connectivity index (χ0) is 47.3. The SMILES string of the molecule is C1=CC2c3ccccc3C3=CC=C(c4c5cc(N(c6ccccc6)c6ccccc6)ccc5c(-c5ccc6c7c(cccc57)-c5ccccc5-6)c5cc(N(c6ccccc6)c6ccccc6)ccc45)C(=C1)C32. The third kappa shape index (κ3) is 6.09. The fourth-order valence-electron chi connectivity index (χ4n) is 12.8. The third-order valence-corrected chi connectivity index (χ3v) is 15.7. The first-order valence-corrected chi connectivity index (χ1v) is 25.2. The van der Waals surface area contributed by atoms with Crippen LogP contribution in [0.15, 0.2) is 273 Å². The molecule has 0 bridgehead atoms. The van der Waals surface area contributed by atoms with Crippen LogP contribution >= 0.6 is 0 Å². The van der Waals surface area contributed by atoms with E-state index >= 15 is 0 Å². The first-order valence-electron chi connectivity index (χ1n) is 25.2. The minimum Gasteiger partial charge on any atom is -0.310 e. The molecule has 2 nitrogen and oxygen atoms in total. The van der Waals surface area contributed by atoms with Gasteiger partial charge in [0.05, 0.1) is 0 Å². The Balaban J connectivity index is 1.08. The van der Waals surface area contributed by atoms with Crippen molar-refractivity contribution in [3.63, 3.8) is 0 Å². The van der Waals surface area contributed by atoms with E-state index in [2.05, 4.69) is 277 Å². The number of hydrogen-bond acceptors (Lipinski definition) is 2. The van der Waals surface area contributed by atoms with Crippen molar-refractivity contribution in [2.75, 3.05) is 9.80 Å². The van der Waals surface area contributed by atoms with Gasteiger partial charge in [-0.1, -0.05) is 194 Å². The molecule has 0 spiro atoms. The summed E-state index contributed by atoms with van der Waals surface area (Å²) in [5.41, 5.74) is 22.4. The van der Waals surface area contributed by atoms with E-state index in [-0.39, 0.29) is 11.8 Å². The summed E-state index contributed by atoms with van der Waals surface area (Å²) in [5.74, 6) is 0.513. The topological polar surface area (TPSA) is 6.48 Å².